The Kier molecular flexibility index (Phi) is 5.99. The minimum atomic E-state index is -1.49. The Labute approximate surface area is 185 Å². The van der Waals surface area contributed by atoms with E-state index in [9.17, 15) is 14.4 Å². The number of fused-ring (bicyclic) bond motifs is 1. The Hall–Kier alpha value is -3.23. The van der Waals surface area contributed by atoms with Gasteiger partial charge in [0.05, 0.1) is 18.8 Å². The van der Waals surface area contributed by atoms with Gasteiger partial charge < -0.3 is 24.3 Å². The molecule has 0 radical (unpaired) electrons. The van der Waals surface area contributed by atoms with Crippen molar-refractivity contribution in [1.29, 1.82) is 0 Å². The lowest BCUT2D eigenvalue weighted by Gasteiger charge is -2.44. The molecule has 0 bridgehead atoms. The Bertz CT molecular complexity index is 992. The van der Waals surface area contributed by atoms with Crippen LogP contribution in [0.4, 0.5) is 0 Å². The molecule has 0 aliphatic carbocycles. The molecule has 2 fully saturated rings. The van der Waals surface area contributed by atoms with Crippen molar-refractivity contribution in [1.82, 2.24) is 5.32 Å². The van der Waals surface area contributed by atoms with Crippen LogP contribution in [0, 0.1) is 0 Å². The van der Waals surface area contributed by atoms with E-state index in [1.807, 2.05) is 6.07 Å². The molecule has 0 aromatic heterocycles. The van der Waals surface area contributed by atoms with E-state index in [0.29, 0.717) is 11.1 Å². The van der Waals surface area contributed by atoms with E-state index in [-0.39, 0.29) is 19.6 Å². The fraction of sp³-hybridized carbons (Fsp3) is 0.375. The summed E-state index contributed by atoms with van der Waals surface area (Å²) in [6.45, 7) is 3.38. The van der Waals surface area contributed by atoms with Crippen LogP contribution in [-0.2, 0) is 23.7 Å². The van der Waals surface area contributed by atoms with Crippen molar-refractivity contribution in [2.75, 3.05) is 13.2 Å². The molecule has 2 aliphatic heterocycles. The van der Waals surface area contributed by atoms with Gasteiger partial charge in [-0.05, 0) is 38.1 Å². The summed E-state index contributed by atoms with van der Waals surface area (Å²) in [6.07, 6.45) is -1.30. The molecule has 2 heterocycles. The molecular formula is C24H25NO7. The van der Waals surface area contributed by atoms with Crippen molar-refractivity contribution in [3.05, 3.63) is 71.8 Å². The Morgan fingerprint density at radius 1 is 1.03 bits per heavy atom. The summed E-state index contributed by atoms with van der Waals surface area (Å²) in [7, 11) is 0. The van der Waals surface area contributed by atoms with Crippen LogP contribution >= 0.6 is 0 Å². The highest BCUT2D eigenvalue weighted by Gasteiger charge is 2.63. The van der Waals surface area contributed by atoms with Gasteiger partial charge in [-0.25, -0.2) is 9.59 Å². The number of carbonyl (C=O) groups is 3. The van der Waals surface area contributed by atoms with Crippen molar-refractivity contribution in [3.63, 3.8) is 0 Å². The second kappa shape index (κ2) is 8.72. The standard InChI is InChI=1S/C24H25NO7/c1-23(2)30-15-24(25-20(26)16-9-5-3-6-10-16)19(32-23)18(31-22(24)28)13-14-29-21(27)17-11-7-4-8-12-17/h3-12,18-19H,13-15H2,1-2H3,(H,25,26)/t18-,19+,24-/m1/s1. The third-order valence-electron chi connectivity index (χ3n) is 5.52. The third kappa shape index (κ3) is 4.37. The summed E-state index contributed by atoms with van der Waals surface area (Å²) in [5, 5.41) is 2.78. The van der Waals surface area contributed by atoms with Crippen molar-refractivity contribution in [2.24, 2.45) is 0 Å². The molecule has 2 aromatic carbocycles. The van der Waals surface area contributed by atoms with Gasteiger partial charge in [0.1, 0.15) is 12.2 Å². The maximum Gasteiger partial charge on any atom is 0.338 e. The Morgan fingerprint density at radius 2 is 1.66 bits per heavy atom. The molecule has 0 unspecified atom stereocenters. The van der Waals surface area contributed by atoms with E-state index in [2.05, 4.69) is 5.32 Å². The number of esters is 2. The highest BCUT2D eigenvalue weighted by Crippen LogP contribution is 2.39. The molecule has 0 saturated carbocycles. The van der Waals surface area contributed by atoms with Gasteiger partial charge in [0.2, 0.25) is 0 Å². The van der Waals surface area contributed by atoms with Crippen LogP contribution in [0.25, 0.3) is 0 Å². The molecule has 4 rings (SSSR count). The molecular weight excluding hydrogens is 414 g/mol. The smallest absolute Gasteiger partial charge is 0.338 e. The van der Waals surface area contributed by atoms with Crippen LogP contribution in [0.5, 0.6) is 0 Å². The molecule has 2 aliphatic rings. The Morgan fingerprint density at radius 3 is 2.31 bits per heavy atom. The normalized spacial score (nSPS) is 26.0. The molecule has 0 spiro atoms. The first kappa shape index (κ1) is 22.0. The van der Waals surface area contributed by atoms with Gasteiger partial charge >= 0.3 is 11.9 Å². The van der Waals surface area contributed by atoms with Crippen LogP contribution in [-0.4, -0.2) is 54.6 Å². The zero-order valence-corrected chi connectivity index (χ0v) is 17.9. The highest BCUT2D eigenvalue weighted by atomic mass is 16.7. The molecule has 2 aromatic rings. The fourth-order valence-electron chi connectivity index (χ4n) is 3.84. The van der Waals surface area contributed by atoms with Crippen LogP contribution in [0.3, 0.4) is 0 Å². The van der Waals surface area contributed by atoms with E-state index in [1.54, 1.807) is 68.4 Å². The SMILES string of the molecule is CC1(C)OC[C@]2(NC(=O)c3ccccc3)C(=O)O[C@H](CCOC(=O)c3ccccc3)[C@@H]2O1. The van der Waals surface area contributed by atoms with Gasteiger partial charge in [-0.3, -0.25) is 4.79 Å². The van der Waals surface area contributed by atoms with Gasteiger partial charge in [-0.15, -0.1) is 0 Å². The number of amides is 1. The average Bonchev–Trinajstić information content (AvgIpc) is 3.05. The second-order valence-corrected chi connectivity index (χ2v) is 8.25. The number of rotatable bonds is 6. The molecule has 8 heteroatoms. The first-order valence-corrected chi connectivity index (χ1v) is 10.4. The Balaban J connectivity index is 1.48. The zero-order valence-electron chi connectivity index (χ0n) is 17.9. The zero-order chi connectivity index (χ0) is 22.8. The van der Waals surface area contributed by atoms with Gasteiger partial charge in [-0.2, -0.15) is 0 Å². The van der Waals surface area contributed by atoms with Crippen molar-refractivity contribution >= 4 is 17.8 Å². The minimum absolute atomic E-state index is 0.0233. The fourth-order valence-corrected chi connectivity index (χ4v) is 3.84. The number of hydrogen-bond acceptors (Lipinski definition) is 7. The number of nitrogens with one attached hydrogen (secondary N) is 1. The monoisotopic (exact) mass is 439 g/mol. The molecule has 32 heavy (non-hydrogen) atoms. The summed E-state index contributed by atoms with van der Waals surface area (Å²) in [4.78, 5) is 38.0. The second-order valence-electron chi connectivity index (χ2n) is 8.25. The van der Waals surface area contributed by atoms with E-state index in [0.717, 1.165) is 0 Å². The number of benzene rings is 2. The van der Waals surface area contributed by atoms with E-state index < -0.39 is 41.4 Å². The van der Waals surface area contributed by atoms with E-state index in [1.165, 1.54) is 0 Å². The van der Waals surface area contributed by atoms with Crippen molar-refractivity contribution < 1.29 is 33.3 Å². The maximum absolute atomic E-state index is 12.9. The van der Waals surface area contributed by atoms with Gasteiger partial charge in [0, 0.05) is 12.0 Å². The molecule has 2 saturated heterocycles. The quantitative estimate of drug-likeness (QED) is 0.690. The first-order chi connectivity index (χ1) is 15.3. The molecule has 1 amide bonds. The van der Waals surface area contributed by atoms with Crippen molar-refractivity contribution in [3.8, 4) is 0 Å². The highest BCUT2D eigenvalue weighted by molar-refractivity contribution is 5.99. The first-order valence-electron chi connectivity index (χ1n) is 10.4. The van der Waals surface area contributed by atoms with E-state index in [4.69, 9.17) is 18.9 Å². The van der Waals surface area contributed by atoms with E-state index >= 15 is 0 Å². The van der Waals surface area contributed by atoms with Gasteiger partial charge in [0.25, 0.3) is 5.91 Å². The summed E-state index contributed by atoms with van der Waals surface area (Å²) < 4.78 is 22.7. The number of carbonyl (C=O) groups excluding carboxylic acids is 3. The molecule has 8 nitrogen and oxygen atoms in total. The van der Waals surface area contributed by atoms with Crippen molar-refractivity contribution in [2.45, 2.75) is 43.8 Å². The number of ether oxygens (including phenoxy) is 4. The van der Waals surface area contributed by atoms with Crippen LogP contribution < -0.4 is 5.32 Å². The average molecular weight is 439 g/mol. The third-order valence-corrected chi connectivity index (χ3v) is 5.52. The lowest BCUT2D eigenvalue weighted by molar-refractivity contribution is -0.295. The maximum atomic E-state index is 12.9. The topological polar surface area (TPSA) is 100 Å². The minimum Gasteiger partial charge on any atom is -0.462 e. The van der Waals surface area contributed by atoms with Crippen LogP contribution in [0.1, 0.15) is 41.0 Å². The summed E-state index contributed by atoms with van der Waals surface area (Å²) in [5.41, 5.74) is -0.654. The lowest BCUT2D eigenvalue weighted by atomic mass is 9.89. The predicted octanol–water partition coefficient (Wildman–Crippen LogP) is 2.48. The van der Waals surface area contributed by atoms with Gasteiger partial charge in [-0.1, -0.05) is 36.4 Å². The number of cyclic esters (lactones) is 1. The van der Waals surface area contributed by atoms with Crippen LogP contribution in [0.15, 0.2) is 60.7 Å². The predicted molar refractivity (Wildman–Crippen MR) is 113 cm³/mol. The largest absolute Gasteiger partial charge is 0.462 e. The molecule has 3 atom stereocenters. The molecule has 1 N–H and O–H groups in total. The summed E-state index contributed by atoms with van der Waals surface area (Å²) in [6, 6.07) is 17.2. The number of hydrogen-bond donors (Lipinski definition) is 1. The van der Waals surface area contributed by atoms with Crippen LogP contribution in [0.2, 0.25) is 0 Å². The summed E-state index contributed by atoms with van der Waals surface area (Å²) in [5.74, 6) is -2.51. The summed E-state index contributed by atoms with van der Waals surface area (Å²) >= 11 is 0. The lowest BCUT2D eigenvalue weighted by Crippen LogP contribution is -2.68. The van der Waals surface area contributed by atoms with Gasteiger partial charge in [0.15, 0.2) is 11.3 Å². The molecule has 168 valence electrons.